The molecule has 3 rings (SSSR count). The molecule has 5 heteroatoms. The molecule has 1 N–H and O–H groups in total. The zero-order valence-electron chi connectivity index (χ0n) is 11.1. The number of hydrogen-bond donors (Lipinski definition) is 1. The lowest BCUT2D eigenvalue weighted by molar-refractivity contribution is 0.286. The summed E-state index contributed by atoms with van der Waals surface area (Å²) >= 11 is 0. The summed E-state index contributed by atoms with van der Waals surface area (Å²) in [5, 5.41) is 3.39. The minimum absolute atomic E-state index is 0.309. The summed E-state index contributed by atoms with van der Waals surface area (Å²) in [7, 11) is -2.78. The molecular formula is C14H20N2O2S. The summed E-state index contributed by atoms with van der Waals surface area (Å²) in [6.07, 6.45) is 1.08. The van der Waals surface area contributed by atoms with Crippen molar-refractivity contribution in [2.24, 2.45) is 0 Å². The Labute approximate surface area is 114 Å². The van der Waals surface area contributed by atoms with Crippen LogP contribution in [0.4, 0.5) is 0 Å². The maximum absolute atomic E-state index is 11.4. The number of sulfone groups is 1. The fourth-order valence-electron chi connectivity index (χ4n) is 2.91. The third kappa shape index (κ3) is 2.99. The van der Waals surface area contributed by atoms with Crippen LogP contribution in [0, 0.1) is 0 Å². The first kappa shape index (κ1) is 13.1. The van der Waals surface area contributed by atoms with E-state index in [0.717, 1.165) is 26.1 Å². The first-order chi connectivity index (χ1) is 9.14. The highest BCUT2D eigenvalue weighted by Gasteiger charge is 2.22. The van der Waals surface area contributed by atoms with Gasteiger partial charge in [0, 0.05) is 26.2 Å². The van der Waals surface area contributed by atoms with Crippen LogP contribution in [0.1, 0.15) is 16.7 Å². The summed E-state index contributed by atoms with van der Waals surface area (Å²) < 4.78 is 22.9. The Hall–Kier alpha value is -0.910. The van der Waals surface area contributed by atoms with E-state index < -0.39 is 9.84 Å². The molecule has 0 bridgehead atoms. The number of rotatable bonds is 2. The van der Waals surface area contributed by atoms with E-state index in [1.807, 2.05) is 0 Å². The Balaban J connectivity index is 1.74. The smallest absolute Gasteiger partial charge is 0.152 e. The lowest BCUT2D eigenvalue weighted by Gasteiger charge is -2.28. The van der Waals surface area contributed by atoms with Gasteiger partial charge in [-0.3, -0.25) is 4.90 Å². The summed E-state index contributed by atoms with van der Waals surface area (Å²) in [6.45, 7) is 4.23. The van der Waals surface area contributed by atoms with E-state index in [4.69, 9.17) is 0 Å². The van der Waals surface area contributed by atoms with Crippen molar-refractivity contribution in [2.45, 2.75) is 19.5 Å². The van der Waals surface area contributed by atoms with E-state index in [-0.39, 0.29) is 0 Å². The van der Waals surface area contributed by atoms with Gasteiger partial charge in [0.1, 0.15) is 0 Å². The van der Waals surface area contributed by atoms with Crippen molar-refractivity contribution in [3.05, 3.63) is 34.9 Å². The SMILES string of the molecule is O=S1(=O)CCN(Cc2cccc3c2CCNC3)CC1. The molecule has 19 heavy (non-hydrogen) atoms. The van der Waals surface area contributed by atoms with Gasteiger partial charge >= 0.3 is 0 Å². The quantitative estimate of drug-likeness (QED) is 0.860. The second-order valence-corrected chi connectivity index (χ2v) is 7.71. The van der Waals surface area contributed by atoms with Crippen LogP contribution in [0.15, 0.2) is 18.2 Å². The van der Waals surface area contributed by atoms with Gasteiger partial charge in [-0.15, -0.1) is 0 Å². The van der Waals surface area contributed by atoms with Gasteiger partial charge in [0.05, 0.1) is 11.5 Å². The Morgan fingerprint density at radius 3 is 2.79 bits per heavy atom. The summed E-state index contributed by atoms with van der Waals surface area (Å²) in [6, 6.07) is 6.49. The van der Waals surface area contributed by atoms with Crippen molar-refractivity contribution in [1.82, 2.24) is 10.2 Å². The Kier molecular flexibility index (Phi) is 3.60. The lowest BCUT2D eigenvalue weighted by atomic mass is 9.95. The minimum atomic E-state index is -2.78. The highest BCUT2D eigenvalue weighted by Crippen LogP contribution is 2.20. The molecule has 1 aromatic carbocycles. The molecule has 0 spiro atoms. The Morgan fingerprint density at radius 2 is 2.00 bits per heavy atom. The van der Waals surface area contributed by atoms with Crippen LogP contribution in [0.25, 0.3) is 0 Å². The van der Waals surface area contributed by atoms with Crippen LogP contribution in [0.3, 0.4) is 0 Å². The molecular weight excluding hydrogens is 260 g/mol. The van der Waals surface area contributed by atoms with Crippen LogP contribution in [0.5, 0.6) is 0 Å². The third-order valence-electron chi connectivity index (χ3n) is 4.07. The number of benzene rings is 1. The second-order valence-electron chi connectivity index (χ2n) is 5.41. The zero-order valence-corrected chi connectivity index (χ0v) is 11.9. The lowest BCUT2D eigenvalue weighted by Crippen LogP contribution is -2.40. The molecule has 1 fully saturated rings. The largest absolute Gasteiger partial charge is 0.312 e. The Bertz CT molecular complexity index is 555. The van der Waals surface area contributed by atoms with Gasteiger partial charge in [0.15, 0.2) is 9.84 Å². The van der Waals surface area contributed by atoms with E-state index >= 15 is 0 Å². The maximum Gasteiger partial charge on any atom is 0.152 e. The number of nitrogens with one attached hydrogen (secondary N) is 1. The average Bonchev–Trinajstić information content (AvgIpc) is 2.42. The fraction of sp³-hybridized carbons (Fsp3) is 0.571. The van der Waals surface area contributed by atoms with Crippen LogP contribution >= 0.6 is 0 Å². The highest BCUT2D eigenvalue weighted by molar-refractivity contribution is 7.91. The van der Waals surface area contributed by atoms with Crippen molar-refractivity contribution < 1.29 is 8.42 Å². The van der Waals surface area contributed by atoms with Gasteiger partial charge < -0.3 is 5.32 Å². The molecule has 0 atom stereocenters. The molecule has 1 aromatic rings. The summed E-state index contributed by atoms with van der Waals surface area (Å²) in [4.78, 5) is 2.26. The van der Waals surface area contributed by atoms with E-state index in [0.29, 0.717) is 24.6 Å². The molecule has 0 amide bonds. The third-order valence-corrected chi connectivity index (χ3v) is 5.68. The van der Waals surface area contributed by atoms with Crippen molar-refractivity contribution >= 4 is 9.84 Å². The van der Waals surface area contributed by atoms with Gasteiger partial charge in [0.2, 0.25) is 0 Å². The van der Waals surface area contributed by atoms with E-state index in [1.54, 1.807) is 0 Å². The zero-order chi connectivity index (χ0) is 13.3. The van der Waals surface area contributed by atoms with Crippen LogP contribution in [0.2, 0.25) is 0 Å². The molecule has 0 aromatic heterocycles. The standard InChI is InChI=1S/C14H20N2O2S/c17-19(18)8-6-16(7-9-19)11-13-3-1-2-12-10-15-5-4-14(12)13/h1-3,15H,4-11H2. The fourth-order valence-corrected chi connectivity index (χ4v) is 4.19. The minimum Gasteiger partial charge on any atom is -0.312 e. The predicted octanol–water partition coefficient (Wildman–Crippen LogP) is 0.563. The maximum atomic E-state index is 11.4. The molecule has 0 unspecified atom stereocenters. The molecule has 2 heterocycles. The number of fused-ring (bicyclic) bond motifs is 1. The second kappa shape index (κ2) is 5.23. The molecule has 2 aliphatic heterocycles. The number of hydrogen-bond acceptors (Lipinski definition) is 4. The first-order valence-corrected chi connectivity index (χ1v) is 8.69. The first-order valence-electron chi connectivity index (χ1n) is 6.87. The van der Waals surface area contributed by atoms with Gasteiger partial charge in [-0.2, -0.15) is 0 Å². The predicted molar refractivity (Wildman–Crippen MR) is 75.8 cm³/mol. The van der Waals surface area contributed by atoms with Gasteiger partial charge in [-0.05, 0) is 29.7 Å². The monoisotopic (exact) mass is 280 g/mol. The van der Waals surface area contributed by atoms with Gasteiger partial charge in [-0.1, -0.05) is 18.2 Å². The molecule has 0 radical (unpaired) electrons. The van der Waals surface area contributed by atoms with Crippen molar-refractivity contribution in [2.75, 3.05) is 31.1 Å². The van der Waals surface area contributed by atoms with Crippen LogP contribution in [-0.4, -0.2) is 44.5 Å². The normalized spacial score (nSPS) is 22.9. The van der Waals surface area contributed by atoms with Crippen LogP contribution < -0.4 is 5.32 Å². The molecule has 2 aliphatic rings. The molecule has 0 saturated carbocycles. The summed E-state index contributed by atoms with van der Waals surface area (Å²) in [5.74, 6) is 0.618. The van der Waals surface area contributed by atoms with Crippen molar-refractivity contribution in [3.63, 3.8) is 0 Å². The topological polar surface area (TPSA) is 49.4 Å². The molecule has 1 saturated heterocycles. The number of nitrogens with zero attached hydrogens (tertiary/aromatic N) is 1. The molecule has 4 nitrogen and oxygen atoms in total. The van der Waals surface area contributed by atoms with Gasteiger partial charge in [0.25, 0.3) is 0 Å². The highest BCUT2D eigenvalue weighted by atomic mass is 32.2. The van der Waals surface area contributed by atoms with Gasteiger partial charge in [-0.25, -0.2) is 8.42 Å². The van der Waals surface area contributed by atoms with E-state index in [1.165, 1.54) is 16.7 Å². The van der Waals surface area contributed by atoms with E-state index in [2.05, 4.69) is 28.4 Å². The van der Waals surface area contributed by atoms with Crippen molar-refractivity contribution in [1.29, 1.82) is 0 Å². The van der Waals surface area contributed by atoms with E-state index in [9.17, 15) is 8.42 Å². The summed E-state index contributed by atoms with van der Waals surface area (Å²) in [5.41, 5.74) is 4.24. The van der Waals surface area contributed by atoms with Crippen LogP contribution in [-0.2, 0) is 29.3 Å². The molecule has 104 valence electrons. The molecule has 0 aliphatic carbocycles. The van der Waals surface area contributed by atoms with Crippen molar-refractivity contribution in [3.8, 4) is 0 Å². The average molecular weight is 280 g/mol. The Morgan fingerprint density at radius 1 is 1.21 bits per heavy atom.